The van der Waals surface area contributed by atoms with Gasteiger partial charge in [-0.05, 0) is 53.3 Å². The minimum absolute atomic E-state index is 0.405. The highest BCUT2D eigenvalue weighted by Gasteiger charge is 2.12. The molecule has 2 aromatic rings. The van der Waals surface area contributed by atoms with Crippen LogP contribution in [0.2, 0.25) is 5.15 Å². The molecule has 0 radical (unpaired) electrons. The van der Waals surface area contributed by atoms with Gasteiger partial charge in [0.15, 0.2) is 5.82 Å². The van der Waals surface area contributed by atoms with Crippen molar-refractivity contribution in [2.24, 2.45) is 0 Å². The van der Waals surface area contributed by atoms with Crippen molar-refractivity contribution in [3.63, 3.8) is 0 Å². The number of hydrogen-bond donors (Lipinski definition) is 0. The van der Waals surface area contributed by atoms with E-state index in [1.165, 1.54) is 0 Å². The Bertz CT molecular complexity index is 635. The van der Waals surface area contributed by atoms with Gasteiger partial charge in [-0.15, -0.1) is 0 Å². The van der Waals surface area contributed by atoms with Gasteiger partial charge in [0.25, 0.3) is 0 Å². The van der Waals surface area contributed by atoms with Crippen LogP contribution in [0.5, 0.6) is 5.75 Å². The van der Waals surface area contributed by atoms with Crippen LogP contribution < -0.4 is 4.74 Å². The van der Waals surface area contributed by atoms with Crippen molar-refractivity contribution >= 4 is 34.2 Å². The molecule has 0 saturated carbocycles. The molecule has 0 N–H and O–H groups in total. The number of methoxy groups -OCH3 is 2. The molecule has 20 heavy (non-hydrogen) atoms. The third-order valence-electron chi connectivity index (χ3n) is 2.81. The highest BCUT2D eigenvalue weighted by atomic mass is 127. The molecule has 0 aliphatic rings. The van der Waals surface area contributed by atoms with Crippen molar-refractivity contribution in [2.75, 3.05) is 14.2 Å². The summed E-state index contributed by atoms with van der Waals surface area (Å²) in [4.78, 5) is 8.85. The Morgan fingerprint density at radius 2 is 2.00 bits per heavy atom. The zero-order chi connectivity index (χ0) is 14.7. The van der Waals surface area contributed by atoms with Gasteiger partial charge >= 0.3 is 0 Å². The second-order valence-corrected chi connectivity index (χ2v) is 5.65. The fraction of sp³-hybridized carbons (Fsp3) is 0.286. The second-order valence-electron chi connectivity index (χ2n) is 4.22. The van der Waals surface area contributed by atoms with Crippen molar-refractivity contribution in [1.29, 1.82) is 0 Å². The van der Waals surface area contributed by atoms with Gasteiger partial charge in [-0.2, -0.15) is 0 Å². The predicted octanol–water partition coefficient (Wildman–Crippen LogP) is 3.87. The Morgan fingerprint density at radius 3 is 2.60 bits per heavy atom. The van der Waals surface area contributed by atoms with Crippen LogP contribution in [0.15, 0.2) is 18.2 Å². The first kappa shape index (κ1) is 15.5. The Morgan fingerprint density at radius 1 is 1.25 bits per heavy atom. The summed E-state index contributed by atoms with van der Waals surface area (Å²) in [6.45, 7) is 2.38. The predicted molar refractivity (Wildman–Crippen MR) is 87.2 cm³/mol. The zero-order valence-corrected chi connectivity index (χ0v) is 14.3. The molecular formula is C14H14ClIN2O2. The Balaban J connectivity index is 2.49. The first-order chi connectivity index (χ1) is 9.56. The van der Waals surface area contributed by atoms with Gasteiger partial charge in [-0.1, -0.05) is 11.6 Å². The lowest BCUT2D eigenvalue weighted by Crippen LogP contribution is -2.02. The molecule has 4 nitrogen and oxygen atoms in total. The zero-order valence-electron chi connectivity index (χ0n) is 11.4. The van der Waals surface area contributed by atoms with Gasteiger partial charge in [0, 0.05) is 12.7 Å². The Hall–Kier alpha value is -0.920. The largest absolute Gasteiger partial charge is 0.496 e. The molecule has 0 atom stereocenters. The fourth-order valence-electron chi connectivity index (χ4n) is 1.84. The van der Waals surface area contributed by atoms with Crippen molar-refractivity contribution in [2.45, 2.75) is 13.5 Å². The van der Waals surface area contributed by atoms with Crippen LogP contribution in [0, 0.1) is 10.5 Å². The molecule has 6 heteroatoms. The Kier molecular flexibility index (Phi) is 5.17. The number of hydrogen-bond acceptors (Lipinski definition) is 4. The number of aromatic nitrogens is 2. The quantitative estimate of drug-likeness (QED) is 0.573. The number of benzene rings is 1. The molecule has 1 aromatic heterocycles. The van der Waals surface area contributed by atoms with E-state index in [0.717, 1.165) is 26.1 Å². The molecule has 1 heterocycles. The van der Waals surface area contributed by atoms with Gasteiger partial charge in [0.2, 0.25) is 0 Å². The first-order valence-corrected chi connectivity index (χ1v) is 7.38. The molecule has 0 spiro atoms. The van der Waals surface area contributed by atoms with E-state index in [4.69, 9.17) is 21.1 Å². The number of rotatable bonds is 4. The molecule has 0 saturated heterocycles. The maximum absolute atomic E-state index is 6.16. The third-order valence-corrected chi connectivity index (χ3v) is 4.54. The maximum Gasteiger partial charge on any atom is 0.161 e. The van der Waals surface area contributed by atoms with Crippen LogP contribution in [0.25, 0.3) is 11.4 Å². The standard InChI is InChI=1S/C14H14ClIN2O2/c1-8-6-9(4-5-11(8)20-3)14-17-10(7-19-2)12(16)13(15)18-14/h4-6H,7H2,1-3H3. The van der Waals surface area contributed by atoms with Gasteiger partial charge in [0.1, 0.15) is 10.9 Å². The average molecular weight is 405 g/mol. The van der Waals surface area contributed by atoms with E-state index in [-0.39, 0.29) is 0 Å². The summed E-state index contributed by atoms with van der Waals surface area (Å²) in [6, 6.07) is 5.80. The molecule has 0 fully saturated rings. The summed E-state index contributed by atoms with van der Waals surface area (Å²) < 4.78 is 11.2. The average Bonchev–Trinajstić information content (AvgIpc) is 2.43. The summed E-state index contributed by atoms with van der Waals surface area (Å²) >= 11 is 8.29. The van der Waals surface area contributed by atoms with E-state index in [1.54, 1.807) is 14.2 Å². The second kappa shape index (κ2) is 6.69. The normalized spacial score (nSPS) is 10.7. The summed E-state index contributed by atoms with van der Waals surface area (Å²) in [6.07, 6.45) is 0. The molecule has 2 rings (SSSR count). The topological polar surface area (TPSA) is 44.2 Å². The minimum Gasteiger partial charge on any atom is -0.496 e. The monoisotopic (exact) mass is 404 g/mol. The summed E-state index contributed by atoms with van der Waals surface area (Å²) in [5, 5.41) is 0.441. The summed E-state index contributed by atoms with van der Waals surface area (Å²) in [5.41, 5.74) is 2.71. The molecule has 0 aliphatic heterocycles. The maximum atomic E-state index is 6.16. The fourth-order valence-corrected chi connectivity index (χ4v) is 2.43. The van der Waals surface area contributed by atoms with Crippen molar-refractivity contribution < 1.29 is 9.47 Å². The Labute approximate surface area is 136 Å². The summed E-state index contributed by atoms with van der Waals surface area (Å²) in [5.74, 6) is 1.43. The first-order valence-electron chi connectivity index (χ1n) is 5.92. The molecule has 0 unspecified atom stereocenters. The van der Waals surface area contributed by atoms with E-state index in [1.807, 2.05) is 25.1 Å². The minimum atomic E-state index is 0.405. The lowest BCUT2D eigenvalue weighted by Gasteiger charge is -2.10. The molecule has 0 aliphatic carbocycles. The van der Waals surface area contributed by atoms with Crippen LogP contribution in [-0.4, -0.2) is 24.2 Å². The van der Waals surface area contributed by atoms with E-state index >= 15 is 0 Å². The highest BCUT2D eigenvalue weighted by Crippen LogP contribution is 2.27. The number of aryl methyl sites for hydroxylation is 1. The summed E-state index contributed by atoms with van der Waals surface area (Å²) in [7, 11) is 3.28. The van der Waals surface area contributed by atoms with Gasteiger partial charge in [-0.3, -0.25) is 0 Å². The SMILES string of the molecule is COCc1nc(-c2ccc(OC)c(C)c2)nc(Cl)c1I. The molecule has 0 bridgehead atoms. The lowest BCUT2D eigenvalue weighted by molar-refractivity contribution is 0.181. The smallest absolute Gasteiger partial charge is 0.161 e. The van der Waals surface area contributed by atoms with Crippen molar-refractivity contribution in [3.8, 4) is 17.1 Å². The van der Waals surface area contributed by atoms with Crippen LogP contribution in [-0.2, 0) is 11.3 Å². The third kappa shape index (κ3) is 3.21. The molecule has 1 aromatic carbocycles. The van der Waals surface area contributed by atoms with E-state index in [2.05, 4.69) is 32.6 Å². The van der Waals surface area contributed by atoms with Gasteiger partial charge in [0.05, 0.1) is 23.0 Å². The molecular weight excluding hydrogens is 391 g/mol. The van der Waals surface area contributed by atoms with Crippen LogP contribution in [0.1, 0.15) is 11.3 Å². The van der Waals surface area contributed by atoms with Crippen molar-refractivity contribution in [3.05, 3.63) is 38.2 Å². The number of ether oxygens (including phenoxy) is 2. The van der Waals surface area contributed by atoms with Crippen LogP contribution in [0.4, 0.5) is 0 Å². The molecule has 0 amide bonds. The highest BCUT2D eigenvalue weighted by molar-refractivity contribution is 14.1. The lowest BCUT2D eigenvalue weighted by atomic mass is 10.1. The number of nitrogens with zero attached hydrogens (tertiary/aromatic N) is 2. The van der Waals surface area contributed by atoms with E-state index in [9.17, 15) is 0 Å². The van der Waals surface area contributed by atoms with Crippen molar-refractivity contribution in [1.82, 2.24) is 9.97 Å². The van der Waals surface area contributed by atoms with E-state index < -0.39 is 0 Å². The van der Waals surface area contributed by atoms with Gasteiger partial charge < -0.3 is 9.47 Å². The number of halogens is 2. The van der Waals surface area contributed by atoms with Gasteiger partial charge in [-0.25, -0.2) is 9.97 Å². The van der Waals surface area contributed by atoms with Crippen LogP contribution >= 0.6 is 34.2 Å². The van der Waals surface area contributed by atoms with E-state index in [0.29, 0.717) is 17.6 Å². The molecule has 106 valence electrons. The van der Waals surface area contributed by atoms with Crippen LogP contribution in [0.3, 0.4) is 0 Å².